The zero-order valence-corrected chi connectivity index (χ0v) is 19.7. The monoisotopic (exact) mass is 463 g/mol. The topological polar surface area (TPSA) is 21.3 Å². The standard InChI is InChI=1S/C28H27Cl2NO/c1-20(11-12-21-7-3-2-4-8-21)31-18-26-25-10-6-5-9-22(25)14-16-28(26)32-19-23-13-15-24(29)17-27(23)30/h2-10,13-17,20,31H,11-12,18-19H2,1H3. The molecular weight excluding hydrogens is 437 g/mol. The summed E-state index contributed by atoms with van der Waals surface area (Å²) >= 11 is 12.4. The van der Waals surface area contributed by atoms with Gasteiger partial charge in [-0.2, -0.15) is 0 Å². The van der Waals surface area contributed by atoms with Crippen LogP contribution >= 0.6 is 23.2 Å². The Hall–Kier alpha value is -2.52. The third-order valence-corrected chi connectivity index (χ3v) is 6.32. The van der Waals surface area contributed by atoms with E-state index in [4.69, 9.17) is 27.9 Å². The molecule has 0 aromatic heterocycles. The van der Waals surface area contributed by atoms with Gasteiger partial charge < -0.3 is 10.1 Å². The van der Waals surface area contributed by atoms with E-state index in [1.54, 1.807) is 6.07 Å². The van der Waals surface area contributed by atoms with Crippen molar-refractivity contribution in [3.8, 4) is 5.75 Å². The number of nitrogens with one attached hydrogen (secondary N) is 1. The molecule has 1 N–H and O–H groups in total. The Labute approximate surface area is 200 Å². The molecule has 4 rings (SSSR count). The molecule has 0 amide bonds. The van der Waals surface area contributed by atoms with Crippen LogP contribution in [0, 0.1) is 0 Å². The molecule has 0 aliphatic rings. The quantitative estimate of drug-likeness (QED) is 0.273. The zero-order valence-electron chi connectivity index (χ0n) is 18.2. The third kappa shape index (κ3) is 5.83. The fourth-order valence-electron chi connectivity index (χ4n) is 3.83. The largest absolute Gasteiger partial charge is 0.488 e. The summed E-state index contributed by atoms with van der Waals surface area (Å²) < 4.78 is 6.25. The molecule has 0 saturated heterocycles. The lowest BCUT2D eigenvalue weighted by Crippen LogP contribution is -2.26. The number of halogens is 2. The van der Waals surface area contributed by atoms with E-state index in [1.807, 2.05) is 12.1 Å². The maximum atomic E-state index is 6.34. The van der Waals surface area contributed by atoms with Crippen LogP contribution in [0.2, 0.25) is 10.0 Å². The molecule has 0 saturated carbocycles. The fourth-order valence-corrected chi connectivity index (χ4v) is 4.30. The van der Waals surface area contributed by atoms with E-state index < -0.39 is 0 Å². The third-order valence-electron chi connectivity index (χ3n) is 5.73. The van der Waals surface area contributed by atoms with Crippen molar-refractivity contribution in [3.05, 3.63) is 112 Å². The molecule has 4 aromatic rings. The lowest BCUT2D eigenvalue weighted by atomic mass is 10.0. The van der Waals surface area contributed by atoms with E-state index in [-0.39, 0.29) is 0 Å². The van der Waals surface area contributed by atoms with E-state index in [0.29, 0.717) is 22.7 Å². The van der Waals surface area contributed by atoms with Crippen LogP contribution in [0.4, 0.5) is 0 Å². The number of benzene rings is 4. The van der Waals surface area contributed by atoms with Crippen molar-refractivity contribution in [1.82, 2.24) is 5.32 Å². The first-order chi connectivity index (χ1) is 15.6. The minimum atomic E-state index is 0.382. The Kier molecular flexibility index (Phi) is 7.70. The molecule has 0 bridgehead atoms. The van der Waals surface area contributed by atoms with Crippen molar-refractivity contribution in [2.45, 2.75) is 39.0 Å². The molecule has 164 valence electrons. The van der Waals surface area contributed by atoms with E-state index in [9.17, 15) is 0 Å². The molecule has 0 heterocycles. The minimum absolute atomic E-state index is 0.382. The number of ether oxygens (including phenoxy) is 1. The molecule has 0 fully saturated rings. The van der Waals surface area contributed by atoms with Crippen LogP contribution in [0.1, 0.15) is 30.0 Å². The normalized spacial score (nSPS) is 12.1. The van der Waals surface area contributed by atoms with Gasteiger partial charge in [-0.05, 0) is 54.3 Å². The molecule has 32 heavy (non-hydrogen) atoms. The fraction of sp³-hybridized carbons (Fsp3) is 0.214. The van der Waals surface area contributed by atoms with Gasteiger partial charge in [0, 0.05) is 33.8 Å². The summed E-state index contributed by atoms with van der Waals surface area (Å²) in [7, 11) is 0. The first kappa shape index (κ1) is 22.7. The predicted molar refractivity (Wildman–Crippen MR) is 136 cm³/mol. The Morgan fingerprint density at radius 1 is 0.875 bits per heavy atom. The first-order valence-electron chi connectivity index (χ1n) is 10.9. The van der Waals surface area contributed by atoms with Gasteiger partial charge in [-0.25, -0.2) is 0 Å². The van der Waals surface area contributed by atoms with Gasteiger partial charge in [0.15, 0.2) is 0 Å². The summed E-state index contributed by atoms with van der Waals surface area (Å²) in [6.45, 7) is 3.37. The van der Waals surface area contributed by atoms with Crippen LogP contribution in [-0.2, 0) is 19.6 Å². The lowest BCUT2D eigenvalue weighted by molar-refractivity contribution is 0.302. The van der Waals surface area contributed by atoms with Crippen LogP contribution in [0.5, 0.6) is 5.75 Å². The second-order valence-electron chi connectivity index (χ2n) is 8.09. The molecule has 0 radical (unpaired) electrons. The molecule has 2 nitrogen and oxygen atoms in total. The highest BCUT2D eigenvalue weighted by atomic mass is 35.5. The highest BCUT2D eigenvalue weighted by Gasteiger charge is 2.12. The summed E-state index contributed by atoms with van der Waals surface area (Å²) in [5, 5.41) is 7.35. The number of hydrogen-bond donors (Lipinski definition) is 1. The van der Waals surface area contributed by atoms with Gasteiger partial charge in [-0.1, -0.05) is 89.9 Å². The summed E-state index contributed by atoms with van der Waals surface area (Å²) in [5.74, 6) is 0.873. The molecule has 4 aromatic carbocycles. The number of aryl methyl sites for hydroxylation is 1. The Morgan fingerprint density at radius 2 is 1.66 bits per heavy atom. The van der Waals surface area contributed by atoms with E-state index in [0.717, 1.165) is 30.7 Å². The Morgan fingerprint density at radius 3 is 2.47 bits per heavy atom. The van der Waals surface area contributed by atoms with Gasteiger partial charge in [0.25, 0.3) is 0 Å². The van der Waals surface area contributed by atoms with Crippen molar-refractivity contribution in [3.63, 3.8) is 0 Å². The highest BCUT2D eigenvalue weighted by Crippen LogP contribution is 2.30. The van der Waals surface area contributed by atoms with E-state index in [1.165, 1.54) is 21.9 Å². The average molecular weight is 464 g/mol. The SMILES string of the molecule is CC(CCc1ccccc1)NCc1c(OCc2ccc(Cl)cc2Cl)ccc2ccccc12. The van der Waals surface area contributed by atoms with Gasteiger partial charge in [0.1, 0.15) is 12.4 Å². The van der Waals surface area contributed by atoms with Gasteiger partial charge >= 0.3 is 0 Å². The average Bonchev–Trinajstić information content (AvgIpc) is 2.81. The van der Waals surface area contributed by atoms with Crippen LogP contribution in [0.3, 0.4) is 0 Å². The predicted octanol–water partition coefficient (Wildman–Crippen LogP) is 7.84. The molecule has 1 atom stereocenters. The van der Waals surface area contributed by atoms with Gasteiger partial charge in [-0.15, -0.1) is 0 Å². The van der Waals surface area contributed by atoms with Crippen molar-refractivity contribution in [1.29, 1.82) is 0 Å². The Bertz CT molecular complexity index is 1180. The maximum absolute atomic E-state index is 6.34. The second kappa shape index (κ2) is 10.9. The second-order valence-corrected chi connectivity index (χ2v) is 8.94. The van der Waals surface area contributed by atoms with Crippen molar-refractivity contribution >= 4 is 34.0 Å². The number of rotatable bonds is 9. The van der Waals surface area contributed by atoms with Gasteiger partial charge in [0.05, 0.1) is 0 Å². The number of hydrogen-bond acceptors (Lipinski definition) is 2. The lowest BCUT2D eigenvalue weighted by Gasteiger charge is -2.18. The molecule has 0 aliphatic heterocycles. The van der Waals surface area contributed by atoms with Crippen molar-refractivity contribution in [2.24, 2.45) is 0 Å². The zero-order chi connectivity index (χ0) is 22.3. The van der Waals surface area contributed by atoms with Gasteiger partial charge in [-0.3, -0.25) is 0 Å². The smallest absolute Gasteiger partial charge is 0.124 e. The van der Waals surface area contributed by atoms with Gasteiger partial charge in [0.2, 0.25) is 0 Å². The van der Waals surface area contributed by atoms with E-state index in [2.05, 4.69) is 79.0 Å². The van der Waals surface area contributed by atoms with E-state index >= 15 is 0 Å². The molecular formula is C28H27Cl2NO. The molecule has 0 aliphatic carbocycles. The van der Waals surface area contributed by atoms with Crippen LogP contribution in [0.15, 0.2) is 84.9 Å². The molecule has 4 heteroatoms. The summed E-state index contributed by atoms with van der Waals surface area (Å²) in [6, 6.07) is 29.1. The minimum Gasteiger partial charge on any atom is -0.488 e. The van der Waals surface area contributed by atoms with Crippen LogP contribution in [0.25, 0.3) is 10.8 Å². The molecule has 0 spiro atoms. The maximum Gasteiger partial charge on any atom is 0.124 e. The summed E-state index contributed by atoms with van der Waals surface area (Å²) in [6.07, 6.45) is 2.13. The summed E-state index contributed by atoms with van der Waals surface area (Å²) in [4.78, 5) is 0. The molecule has 1 unspecified atom stereocenters. The highest BCUT2D eigenvalue weighted by molar-refractivity contribution is 6.35. The number of fused-ring (bicyclic) bond motifs is 1. The van der Waals surface area contributed by atoms with Crippen LogP contribution < -0.4 is 10.1 Å². The van der Waals surface area contributed by atoms with Crippen molar-refractivity contribution in [2.75, 3.05) is 0 Å². The summed E-state index contributed by atoms with van der Waals surface area (Å²) in [5.41, 5.74) is 3.45. The van der Waals surface area contributed by atoms with Crippen molar-refractivity contribution < 1.29 is 4.74 Å². The van der Waals surface area contributed by atoms with Crippen LogP contribution in [-0.4, -0.2) is 6.04 Å². The first-order valence-corrected chi connectivity index (χ1v) is 11.7. The Balaban J connectivity index is 1.48.